The quantitative estimate of drug-likeness (QED) is 0.721. The van der Waals surface area contributed by atoms with Gasteiger partial charge in [-0.1, -0.05) is 6.07 Å². The Morgan fingerprint density at radius 1 is 1.15 bits per heavy atom. The van der Waals surface area contributed by atoms with Crippen LogP contribution >= 0.6 is 0 Å². The van der Waals surface area contributed by atoms with Crippen molar-refractivity contribution in [3.63, 3.8) is 0 Å². The first kappa shape index (κ1) is 16.4. The van der Waals surface area contributed by atoms with Crippen LogP contribution in [0.2, 0.25) is 0 Å². The van der Waals surface area contributed by atoms with Crippen LogP contribution < -0.4 is 9.64 Å². The van der Waals surface area contributed by atoms with E-state index in [1.807, 2.05) is 35.2 Å². The van der Waals surface area contributed by atoms with Gasteiger partial charge in [0.05, 0.1) is 7.11 Å². The number of carbonyl (C=O) groups excluding carboxylic acids is 1. The Hall–Kier alpha value is -3.09. The summed E-state index contributed by atoms with van der Waals surface area (Å²) in [5.74, 6) is 0.705. The van der Waals surface area contributed by atoms with Crippen LogP contribution in [0, 0.1) is 0 Å². The zero-order chi connectivity index (χ0) is 17.9. The maximum absolute atomic E-state index is 12.8. The third-order valence-electron chi connectivity index (χ3n) is 4.52. The summed E-state index contributed by atoms with van der Waals surface area (Å²) in [6.07, 6.45) is 2.55. The summed E-state index contributed by atoms with van der Waals surface area (Å²) < 4.78 is 11.0. The minimum Gasteiger partial charge on any atom is -0.497 e. The fourth-order valence-electron chi connectivity index (χ4n) is 3.14. The van der Waals surface area contributed by atoms with Crippen molar-refractivity contribution in [2.45, 2.75) is 6.42 Å². The molecule has 26 heavy (non-hydrogen) atoms. The molecule has 1 aliphatic rings. The zero-order valence-corrected chi connectivity index (χ0v) is 14.6. The molecular formula is C19H20N4O3. The number of methoxy groups -OCH3 is 1. The fourth-order valence-corrected chi connectivity index (χ4v) is 3.14. The highest BCUT2D eigenvalue weighted by atomic mass is 16.5. The minimum absolute atomic E-state index is 0.0185. The van der Waals surface area contributed by atoms with Gasteiger partial charge in [0, 0.05) is 37.9 Å². The molecule has 7 heteroatoms. The third kappa shape index (κ3) is 3.20. The van der Waals surface area contributed by atoms with E-state index in [0.29, 0.717) is 48.2 Å². The number of pyridine rings is 1. The van der Waals surface area contributed by atoms with Crippen LogP contribution in [-0.2, 0) is 0 Å². The maximum Gasteiger partial charge on any atom is 0.300 e. The van der Waals surface area contributed by atoms with Gasteiger partial charge in [0.25, 0.3) is 11.9 Å². The first-order chi connectivity index (χ1) is 12.7. The molecule has 2 aromatic heterocycles. The molecule has 7 nitrogen and oxygen atoms in total. The molecule has 3 aromatic rings. The first-order valence-electron chi connectivity index (χ1n) is 8.64. The highest BCUT2D eigenvalue weighted by Crippen LogP contribution is 2.22. The Morgan fingerprint density at radius 3 is 2.92 bits per heavy atom. The topological polar surface area (TPSA) is 71.7 Å². The molecule has 1 aliphatic heterocycles. The van der Waals surface area contributed by atoms with Gasteiger partial charge in [-0.15, -0.1) is 0 Å². The predicted octanol–water partition coefficient (Wildman–Crippen LogP) is 2.58. The summed E-state index contributed by atoms with van der Waals surface area (Å²) in [4.78, 5) is 25.4. The number of anilines is 1. The first-order valence-corrected chi connectivity index (χ1v) is 8.64. The third-order valence-corrected chi connectivity index (χ3v) is 4.52. The molecule has 1 aromatic carbocycles. The van der Waals surface area contributed by atoms with Gasteiger partial charge < -0.3 is 19.0 Å². The minimum atomic E-state index is 0.0185. The van der Waals surface area contributed by atoms with Crippen molar-refractivity contribution in [1.29, 1.82) is 0 Å². The number of rotatable bonds is 3. The van der Waals surface area contributed by atoms with Gasteiger partial charge in [-0.3, -0.25) is 4.79 Å². The molecule has 1 saturated heterocycles. The van der Waals surface area contributed by atoms with E-state index in [1.165, 1.54) is 0 Å². The van der Waals surface area contributed by atoms with Crippen LogP contribution in [0.25, 0.3) is 11.2 Å². The average molecular weight is 352 g/mol. The Morgan fingerprint density at radius 2 is 2.08 bits per heavy atom. The predicted molar refractivity (Wildman–Crippen MR) is 97.5 cm³/mol. The van der Waals surface area contributed by atoms with Gasteiger partial charge in [-0.05, 0) is 36.8 Å². The lowest BCUT2D eigenvalue weighted by Crippen LogP contribution is -2.35. The molecule has 134 valence electrons. The van der Waals surface area contributed by atoms with Crippen LogP contribution in [0.3, 0.4) is 0 Å². The Balaban J connectivity index is 1.48. The molecule has 3 heterocycles. The SMILES string of the molecule is COc1cccc(C(=O)N2CCCN(c3nc4ncccc4o3)CC2)c1. The van der Waals surface area contributed by atoms with Crippen LogP contribution in [0.5, 0.6) is 5.75 Å². The van der Waals surface area contributed by atoms with E-state index in [2.05, 4.69) is 14.9 Å². The second-order valence-electron chi connectivity index (χ2n) is 6.19. The normalized spacial score (nSPS) is 15.1. The molecule has 0 radical (unpaired) electrons. The van der Waals surface area contributed by atoms with Crippen LogP contribution in [0.15, 0.2) is 47.0 Å². The number of amides is 1. The molecule has 0 aliphatic carbocycles. The van der Waals surface area contributed by atoms with E-state index in [4.69, 9.17) is 9.15 Å². The van der Waals surface area contributed by atoms with Crippen molar-refractivity contribution >= 4 is 23.2 Å². The number of oxazole rings is 1. The molecule has 0 bridgehead atoms. The summed E-state index contributed by atoms with van der Waals surface area (Å²) >= 11 is 0. The van der Waals surface area contributed by atoms with Gasteiger partial charge in [0.2, 0.25) is 5.65 Å². The van der Waals surface area contributed by atoms with Crippen molar-refractivity contribution < 1.29 is 13.9 Å². The van der Waals surface area contributed by atoms with Crippen molar-refractivity contribution in [3.05, 3.63) is 48.2 Å². The molecule has 0 unspecified atom stereocenters. The lowest BCUT2D eigenvalue weighted by atomic mass is 10.2. The number of aromatic nitrogens is 2. The number of hydrogen-bond donors (Lipinski definition) is 0. The number of fused-ring (bicyclic) bond motifs is 1. The molecular weight excluding hydrogens is 332 g/mol. The smallest absolute Gasteiger partial charge is 0.300 e. The molecule has 4 rings (SSSR count). The molecule has 0 N–H and O–H groups in total. The van der Waals surface area contributed by atoms with Gasteiger partial charge >= 0.3 is 0 Å². The number of benzene rings is 1. The van der Waals surface area contributed by atoms with Crippen molar-refractivity contribution in [1.82, 2.24) is 14.9 Å². The summed E-state index contributed by atoms with van der Waals surface area (Å²) in [6, 6.07) is 11.5. The molecule has 0 spiro atoms. The Bertz CT molecular complexity index is 891. The van der Waals surface area contributed by atoms with E-state index < -0.39 is 0 Å². The maximum atomic E-state index is 12.8. The van der Waals surface area contributed by atoms with Crippen LogP contribution in [0.1, 0.15) is 16.8 Å². The second kappa shape index (κ2) is 7.03. The number of carbonyl (C=O) groups is 1. The average Bonchev–Trinajstić information content (AvgIpc) is 2.97. The standard InChI is InChI=1S/C19H20N4O3/c1-25-15-6-2-5-14(13-15)18(24)22-9-4-10-23(12-11-22)19-21-17-16(26-19)7-3-8-20-17/h2-3,5-8,13H,4,9-12H2,1H3. The monoisotopic (exact) mass is 352 g/mol. The van der Waals surface area contributed by atoms with Crippen molar-refractivity contribution in [2.75, 3.05) is 38.2 Å². The highest BCUT2D eigenvalue weighted by Gasteiger charge is 2.23. The fraction of sp³-hybridized carbons (Fsp3) is 0.316. The summed E-state index contributed by atoms with van der Waals surface area (Å²) in [7, 11) is 1.60. The second-order valence-corrected chi connectivity index (χ2v) is 6.19. The van der Waals surface area contributed by atoms with Gasteiger partial charge in [-0.25, -0.2) is 4.98 Å². The van der Waals surface area contributed by atoms with Crippen LogP contribution in [0.4, 0.5) is 6.01 Å². The largest absolute Gasteiger partial charge is 0.497 e. The number of ether oxygens (including phenoxy) is 1. The van der Waals surface area contributed by atoms with Gasteiger partial charge in [-0.2, -0.15) is 4.98 Å². The van der Waals surface area contributed by atoms with E-state index >= 15 is 0 Å². The van der Waals surface area contributed by atoms with E-state index in [1.54, 1.807) is 19.4 Å². The zero-order valence-electron chi connectivity index (χ0n) is 14.6. The van der Waals surface area contributed by atoms with Crippen molar-refractivity contribution in [2.24, 2.45) is 0 Å². The number of nitrogens with zero attached hydrogens (tertiary/aromatic N) is 4. The molecule has 0 saturated carbocycles. The lowest BCUT2D eigenvalue weighted by Gasteiger charge is -2.21. The van der Waals surface area contributed by atoms with Gasteiger partial charge in [0.15, 0.2) is 5.58 Å². The molecule has 1 fully saturated rings. The van der Waals surface area contributed by atoms with E-state index in [-0.39, 0.29) is 5.91 Å². The summed E-state index contributed by atoms with van der Waals surface area (Å²) in [5.41, 5.74) is 1.93. The molecule has 0 atom stereocenters. The highest BCUT2D eigenvalue weighted by molar-refractivity contribution is 5.94. The van der Waals surface area contributed by atoms with Gasteiger partial charge in [0.1, 0.15) is 5.75 Å². The Labute approximate surface area is 151 Å². The van der Waals surface area contributed by atoms with E-state index in [0.717, 1.165) is 13.0 Å². The summed E-state index contributed by atoms with van der Waals surface area (Å²) in [6.45, 7) is 2.77. The lowest BCUT2D eigenvalue weighted by molar-refractivity contribution is 0.0766. The van der Waals surface area contributed by atoms with Crippen LogP contribution in [-0.4, -0.2) is 54.1 Å². The molecule has 1 amide bonds. The Kier molecular flexibility index (Phi) is 4.43. The summed E-state index contributed by atoms with van der Waals surface area (Å²) in [5, 5.41) is 0. The number of hydrogen-bond acceptors (Lipinski definition) is 6. The van der Waals surface area contributed by atoms with E-state index in [9.17, 15) is 4.79 Å². The van der Waals surface area contributed by atoms with Crippen molar-refractivity contribution in [3.8, 4) is 5.75 Å².